The molecular weight excluding hydrogens is 352 g/mol. The van der Waals surface area contributed by atoms with Gasteiger partial charge in [0.25, 0.3) is 5.91 Å². The fourth-order valence-electron chi connectivity index (χ4n) is 2.59. The van der Waals surface area contributed by atoms with Gasteiger partial charge in [-0.1, -0.05) is 24.3 Å². The average Bonchev–Trinajstić information content (AvgIpc) is 2.69. The molecule has 0 saturated heterocycles. The first-order chi connectivity index (χ1) is 13.0. The Kier molecular flexibility index (Phi) is 7.51. The molecule has 0 aliphatic carbocycles. The summed E-state index contributed by atoms with van der Waals surface area (Å²) in [6, 6.07) is 11.5. The lowest BCUT2D eigenvalue weighted by Gasteiger charge is -2.17. The van der Waals surface area contributed by atoms with Crippen LogP contribution >= 0.6 is 0 Å². The van der Waals surface area contributed by atoms with Crippen LogP contribution in [0.1, 0.15) is 15.9 Å². The number of halogens is 1. The van der Waals surface area contributed by atoms with Crippen LogP contribution in [0.2, 0.25) is 0 Å². The van der Waals surface area contributed by atoms with Gasteiger partial charge in [0.15, 0.2) is 0 Å². The molecule has 6 nitrogen and oxygen atoms in total. The van der Waals surface area contributed by atoms with Crippen LogP contribution in [0.3, 0.4) is 0 Å². The van der Waals surface area contributed by atoms with Gasteiger partial charge >= 0.3 is 13.1 Å². The molecule has 0 saturated carbocycles. The van der Waals surface area contributed by atoms with E-state index in [0.717, 1.165) is 11.0 Å². The van der Waals surface area contributed by atoms with Crippen LogP contribution < -0.4 is 10.8 Å². The second kappa shape index (κ2) is 9.84. The number of hydrogen-bond acceptors (Lipinski definition) is 5. The molecule has 1 N–H and O–H groups in total. The normalized spacial score (nSPS) is 11.6. The molecule has 27 heavy (non-hydrogen) atoms. The molecule has 0 aliphatic rings. The molecule has 0 unspecified atom stereocenters. The monoisotopic (exact) mass is 373 g/mol. The molecule has 0 heterocycles. The van der Waals surface area contributed by atoms with E-state index in [-0.39, 0.29) is 12.0 Å². The summed E-state index contributed by atoms with van der Waals surface area (Å²) < 4.78 is 28.2. The highest BCUT2D eigenvalue weighted by molar-refractivity contribution is 6.61. The largest absolute Gasteiger partial charge is 0.493 e. The molecule has 0 bridgehead atoms. The van der Waals surface area contributed by atoms with Gasteiger partial charge in [0.2, 0.25) is 0 Å². The lowest BCUT2D eigenvalue weighted by molar-refractivity contribution is -0.142. The minimum absolute atomic E-state index is 0.241. The summed E-state index contributed by atoms with van der Waals surface area (Å²) in [7, 11) is 3.86. The maximum Gasteiger partial charge on any atom is 0.493 e. The molecule has 142 valence electrons. The molecule has 2 aromatic rings. The van der Waals surface area contributed by atoms with Crippen molar-refractivity contribution in [3.8, 4) is 0 Å². The Morgan fingerprint density at radius 3 is 2.11 bits per heavy atom. The highest BCUT2D eigenvalue weighted by Crippen LogP contribution is 2.08. The lowest BCUT2D eigenvalue weighted by Crippen LogP contribution is -2.43. The van der Waals surface area contributed by atoms with Crippen molar-refractivity contribution in [1.82, 2.24) is 5.32 Å². The Balaban J connectivity index is 2.11. The van der Waals surface area contributed by atoms with Crippen molar-refractivity contribution >= 4 is 24.5 Å². The topological polar surface area (TPSA) is 73.9 Å². The minimum atomic E-state index is -0.876. The van der Waals surface area contributed by atoms with Gasteiger partial charge in [-0.25, -0.2) is 9.18 Å². The van der Waals surface area contributed by atoms with Gasteiger partial charge in [-0.2, -0.15) is 0 Å². The summed E-state index contributed by atoms with van der Waals surface area (Å²) in [6.07, 6.45) is 0.241. The Hall–Kier alpha value is -2.71. The summed E-state index contributed by atoms with van der Waals surface area (Å²) in [5, 5.41) is 2.63. The third-order valence-electron chi connectivity index (χ3n) is 4.02. The fraction of sp³-hybridized carbons (Fsp3) is 0.263. The number of nitrogens with one attached hydrogen (secondary N) is 1. The Labute approximate surface area is 157 Å². The van der Waals surface area contributed by atoms with Gasteiger partial charge in [0.1, 0.15) is 11.9 Å². The number of amides is 1. The van der Waals surface area contributed by atoms with E-state index in [1.807, 2.05) is 24.3 Å². The fourth-order valence-corrected chi connectivity index (χ4v) is 2.59. The first kappa shape index (κ1) is 20.6. The van der Waals surface area contributed by atoms with E-state index < -0.39 is 30.9 Å². The summed E-state index contributed by atoms with van der Waals surface area (Å²) in [5.41, 5.74) is 1.90. The van der Waals surface area contributed by atoms with Crippen molar-refractivity contribution in [2.75, 3.05) is 21.3 Å². The minimum Gasteiger partial charge on any atom is -0.467 e. The van der Waals surface area contributed by atoms with E-state index >= 15 is 0 Å². The van der Waals surface area contributed by atoms with E-state index in [4.69, 9.17) is 14.0 Å². The molecule has 0 spiro atoms. The van der Waals surface area contributed by atoms with Gasteiger partial charge in [-0.05, 0) is 35.3 Å². The molecule has 8 heteroatoms. The molecule has 0 aromatic heterocycles. The SMILES string of the molecule is COB(OC)c1ccc(C[C@H](NC(=O)c2ccc(F)cc2)C(=O)OC)cc1. The number of methoxy groups -OCH3 is 1. The highest BCUT2D eigenvalue weighted by atomic mass is 19.1. The summed E-state index contributed by atoms with van der Waals surface area (Å²) in [4.78, 5) is 24.4. The molecule has 1 atom stereocenters. The van der Waals surface area contributed by atoms with E-state index in [1.54, 1.807) is 14.2 Å². The third-order valence-corrected chi connectivity index (χ3v) is 4.02. The van der Waals surface area contributed by atoms with Crippen molar-refractivity contribution in [2.24, 2.45) is 0 Å². The molecular formula is C19H21BFNO5. The van der Waals surface area contributed by atoms with E-state index in [2.05, 4.69) is 5.32 Å². The zero-order valence-corrected chi connectivity index (χ0v) is 15.4. The Morgan fingerprint density at radius 2 is 1.59 bits per heavy atom. The average molecular weight is 373 g/mol. The Morgan fingerprint density at radius 1 is 1.00 bits per heavy atom. The van der Waals surface area contributed by atoms with Crippen molar-refractivity contribution in [1.29, 1.82) is 0 Å². The van der Waals surface area contributed by atoms with Crippen LogP contribution in [0, 0.1) is 5.82 Å². The van der Waals surface area contributed by atoms with Gasteiger partial charge < -0.3 is 19.4 Å². The van der Waals surface area contributed by atoms with Crippen molar-refractivity contribution in [2.45, 2.75) is 12.5 Å². The van der Waals surface area contributed by atoms with Crippen LogP contribution in [0.4, 0.5) is 4.39 Å². The van der Waals surface area contributed by atoms with Crippen molar-refractivity contribution in [3.63, 3.8) is 0 Å². The molecule has 2 rings (SSSR count). The number of rotatable bonds is 8. The van der Waals surface area contributed by atoms with Crippen molar-refractivity contribution < 1.29 is 28.0 Å². The second-order valence-electron chi connectivity index (χ2n) is 5.81. The van der Waals surface area contributed by atoms with Gasteiger partial charge in [0.05, 0.1) is 7.11 Å². The van der Waals surface area contributed by atoms with E-state index in [0.29, 0.717) is 0 Å². The summed E-state index contributed by atoms with van der Waals surface area (Å²) in [6.45, 7) is 0. The molecule has 0 radical (unpaired) electrons. The number of benzene rings is 2. The Bertz CT molecular complexity index is 763. The lowest BCUT2D eigenvalue weighted by atomic mass is 9.78. The number of esters is 1. The summed E-state index contributed by atoms with van der Waals surface area (Å²) >= 11 is 0. The van der Waals surface area contributed by atoms with E-state index in [1.165, 1.54) is 31.4 Å². The first-order valence-electron chi connectivity index (χ1n) is 8.27. The smallest absolute Gasteiger partial charge is 0.467 e. The van der Waals surface area contributed by atoms with Crippen molar-refractivity contribution in [3.05, 3.63) is 65.5 Å². The van der Waals surface area contributed by atoms with Crippen LogP contribution in [-0.2, 0) is 25.3 Å². The van der Waals surface area contributed by atoms with Crippen LogP contribution in [0.25, 0.3) is 0 Å². The quantitative estimate of drug-likeness (QED) is 0.558. The van der Waals surface area contributed by atoms with Crippen LogP contribution in [-0.4, -0.2) is 46.4 Å². The zero-order chi connectivity index (χ0) is 19.8. The maximum atomic E-state index is 13.0. The first-order valence-corrected chi connectivity index (χ1v) is 8.27. The third kappa shape index (κ3) is 5.64. The molecule has 0 fully saturated rings. The maximum absolute atomic E-state index is 13.0. The molecule has 1 amide bonds. The highest BCUT2D eigenvalue weighted by Gasteiger charge is 2.23. The van der Waals surface area contributed by atoms with Gasteiger partial charge in [-0.15, -0.1) is 0 Å². The number of hydrogen-bond donors (Lipinski definition) is 1. The van der Waals surface area contributed by atoms with Crippen LogP contribution in [0.5, 0.6) is 0 Å². The standard InChI is InChI=1S/C19H21BFNO5/c1-25-19(24)17(22-18(23)14-6-10-16(21)11-7-14)12-13-4-8-15(9-5-13)20(26-2)27-3/h4-11,17H,12H2,1-3H3,(H,22,23)/t17-/m0/s1. The van der Waals surface area contributed by atoms with Crippen LogP contribution in [0.15, 0.2) is 48.5 Å². The number of carbonyl (C=O) groups excluding carboxylic acids is 2. The van der Waals surface area contributed by atoms with E-state index in [9.17, 15) is 14.0 Å². The number of carbonyl (C=O) groups is 2. The predicted molar refractivity (Wildman–Crippen MR) is 99.2 cm³/mol. The number of ether oxygens (including phenoxy) is 1. The molecule has 0 aliphatic heterocycles. The van der Waals surface area contributed by atoms with Gasteiger partial charge in [0, 0.05) is 26.2 Å². The summed E-state index contributed by atoms with van der Waals surface area (Å²) in [5.74, 6) is -1.50. The second-order valence-corrected chi connectivity index (χ2v) is 5.81. The zero-order valence-electron chi connectivity index (χ0n) is 15.4. The predicted octanol–water partition coefficient (Wildman–Crippen LogP) is 1.33. The molecule has 2 aromatic carbocycles. The van der Waals surface area contributed by atoms with Gasteiger partial charge in [-0.3, -0.25) is 4.79 Å².